The van der Waals surface area contributed by atoms with E-state index in [1.807, 2.05) is 4.68 Å². The van der Waals surface area contributed by atoms with E-state index in [1.165, 1.54) is 0 Å². The topological polar surface area (TPSA) is 72.9 Å². The van der Waals surface area contributed by atoms with Crippen LogP contribution in [0.25, 0.3) is 0 Å². The molecule has 0 radical (unpaired) electrons. The molecule has 1 aliphatic carbocycles. The highest BCUT2D eigenvalue weighted by atomic mass is 16.1. The molecule has 1 fully saturated rings. The van der Waals surface area contributed by atoms with Gasteiger partial charge in [0, 0.05) is 12.1 Å². The van der Waals surface area contributed by atoms with Gasteiger partial charge in [-0.15, -0.1) is 0 Å². The van der Waals surface area contributed by atoms with E-state index in [2.05, 4.69) is 38.1 Å². The van der Waals surface area contributed by atoms with E-state index in [0.29, 0.717) is 11.6 Å². The average molecular weight is 292 g/mol. The lowest BCUT2D eigenvalue weighted by Gasteiger charge is -2.27. The van der Waals surface area contributed by atoms with Crippen LogP contribution >= 0.6 is 0 Å². The predicted octanol–water partition coefficient (Wildman–Crippen LogP) is 2.20. The SMILES string of the molecule is CCc1c(C(=O)NC2CCC(N)CC2)cnn1C(C)(C)C. The number of hydrogen-bond acceptors (Lipinski definition) is 3. The Morgan fingerprint density at radius 1 is 1.38 bits per heavy atom. The van der Waals surface area contributed by atoms with Crippen LogP contribution in [0.4, 0.5) is 0 Å². The van der Waals surface area contributed by atoms with Crippen molar-refractivity contribution in [3.63, 3.8) is 0 Å². The minimum absolute atomic E-state index is 0.00261. The van der Waals surface area contributed by atoms with Crippen LogP contribution in [-0.4, -0.2) is 27.8 Å². The van der Waals surface area contributed by atoms with Crippen LogP contribution < -0.4 is 11.1 Å². The van der Waals surface area contributed by atoms with Crippen molar-refractivity contribution < 1.29 is 4.79 Å². The Kier molecular flexibility index (Phi) is 4.71. The average Bonchev–Trinajstić information content (AvgIpc) is 2.85. The minimum atomic E-state index is -0.110. The molecule has 0 aromatic carbocycles. The fourth-order valence-corrected chi connectivity index (χ4v) is 3.01. The summed E-state index contributed by atoms with van der Waals surface area (Å²) in [5, 5.41) is 7.57. The van der Waals surface area contributed by atoms with Crippen molar-refractivity contribution in [1.82, 2.24) is 15.1 Å². The normalized spacial score (nSPS) is 23.1. The Morgan fingerprint density at radius 3 is 2.52 bits per heavy atom. The van der Waals surface area contributed by atoms with E-state index in [4.69, 9.17) is 5.73 Å². The number of rotatable bonds is 3. The van der Waals surface area contributed by atoms with Gasteiger partial charge in [-0.25, -0.2) is 0 Å². The first-order chi connectivity index (χ1) is 9.82. The first-order valence-electron chi connectivity index (χ1n) is 7.96. The lowest BCUT2D eigenvalue weighted by atomic mass is 9.91. The molecule has 1 heterocycles. The third-order valence-corrected chi connectivity index (χ3v) is 4.19. The van der Waals surface area contributed by atoms with Crippen LogP contribution in [0, 0.1) is 0 Å². The van der Waals surface area contributed by atoms with Crippen molar-refractivity contribution in [2.75, 3.05) is 0 Å². The second kappa shape index (κ2) is 6.18. The number of carbonyl (C=O) groups excluding carboxylic acids is 1. The highest BCUT2D eigenvalue weighted by molar-refractivity contribution is 5.95. The van der Waals surface area contributed by atoms with Crippen LogP contribution in [0.1, 0.15) is 69.4 Å². The Balaban J connectivity index is 2.11. The van der Waals surface area contributed by atoms with Gasteiger partial charge in [-0.1, -0.05) is 6.92 Å². The third kappa shape index (κ3) is 3.64. The largest absolute Gasteiger partial charge is 0.349 e. The second-order valence-electron chi connectivity index (χ2n) is 7.03. The fourth-order valence-electron chi connectivity index (χ4n) is 3.01. The van der Waals surface area contributed by atoms with Crippen LogP contribution in [0.2, 0.25) is 0 Å². The van der Waals surface area contributed by atoms with Crippen molar-refractivity contribution in [2.45, 2.75) is 77.4 Å². The molecule has 0 saturated heterocycles. The van der Waals surface area contributed by atoms with Crippen LogP contribution in [0.15, 0.2) is 6.20 Å². The molecule has 0 atom stereocenters. The molecular formula is C16H28N4O. The van der Waals surface area contributed by atoms with E-state index < -0.39 is 0 Å². The van der Waals surface area contributed by atoms with Crippen LogP contribution in [0.5, 0.6) is 0 Å². The zero-order valence-corrected chi connectivity index (χ0v) is 13.6. The highest BCUT2D eigenvalue weighted by Crippen LogP contribution is 2.21. The van der Waals surface area contributed by atoms with Gasteiger partial charge in [0.15, 0.2) is 0 Å². The quantitative estimate of drug-likeness (QED) is 0.897. The van der Waals surface area contributed by atoms with Gasteiger partial charge in [0.2, 0.25) is 0 Å². The first kappa shape index (κ1) is 16.0. The molecule has 2 rings (SSSR count). The van der Waals surface area contributed by atoms with Gasteiger partial charge < -0.3 is 11.1 Å². The van der Waals surface area contributed by atoms with Crippen LogP contribution in [-0.2, 0) is 12.0 Å². The summed E-state index contributed by atoms with van der Waals surface area (Å²) in [4.78, 5) is 12.5. The summed E-state index contributed by atoms with van der Waals surface area (Å²) in [5.41, 5.74) is 7.52. The molecule has 1 aliphatic rings. The van der Waals surface area contributed by atoms with Crippen molar-refractivity contribution in [3.8, 4) is 0 Å². The molecule has 1 saturated carbocycles. The number of hydrogen-bond donors (Lipinski definition) is 2. The molecule has 0 bridgehead atoms. The lowest BCUT2D eigenvalue weighted by molar-refractivity contribution is 0.0924. The predicted molar refractivity (Wildman–Crippen MR) is 84.3 cm³/mol. The van der Waals surface area contributed by atoms with Gasteiger partial charge in [0.1, 0.15) is 0 Å². The standard InChI is InChI=1S/C16H28N4O/c1-5-14-13(10-18-20(14)16(2,3)4)15(21)19-12-8-6-11(17)7-9-12/h10-12H,5-9,17H2,1-4H3,(H,19,21). The molecule has 118 valence electrons. The number of carbonyl (C=O) groups is 1. The first-order valence-corrected chi connectivity index (χ1v) is 7.96. The molecule has 21 heavy (non-hydrogen) atoms. The molecular weight excluding hydrogens is 264 g/mol. The molecule has 0 spiro atoms. The van der Waals surface area contributed by atoms with Gasteiger partial charge in [0.25, 0.3) is 5.91 Å². The molecule has 3 N–H and O–H groups in total. The molecule has 0 unspecified atom stereocenters. The minimum Gasteiger partial charge on any atom is -0.349 e. The molecule has 5 heteroatoms. The molecule has 0 aliphatic heterocycles. The van der Waals surface area contributed by atoms with Gasteiger partial charge in [0.05, 0.1) is 23.0 Å². The van der Waals surface area contributed by atoms with Crippen molar-refractivity contribution in [1.29, 1.82) is 0 Å². The summed E-state index contributed by atoms with van der Waals surface area (Å²) in [6.45, 7) is 8.37. The van der Waals surface area contributed by atoms with Crippen LogP contribution in [0.3, 0.4) is 0 Å². The Labute approximate surface area is 127 Å². The van der Waals surface area contributed by atoms with Crippen molar-refractivity contribution in [3.05, 3.63) is 17.5 Å². The maximum atomic E-state index is 12.5. The van der Waals surface area contributed by atoms with Gasteiger partial charge in [-0.2, -0.15) is 5.10 Å². The Morgan fingerprint density at radius 2 is 2.00 bits per heavy atom. The zero-order chi connectivity index (χ0) is 15.6. The van der Waals surface area contributed by atoms with Gasteiger partial charge >= 0.3 is 0 Å². The summed E-state index contributed by atoms with van der Waals surface area (Å²) in [6.07, 6.45) is 6.44. The van der Waals surface area contributed by atoms with E-state index in [1.54, 1.807) is 6.20 Å². The number of amides is 1. The smallest absolute Gasteiger partial charge is 0.254 e. The summed E-state index contributed by atoms with van der Waals surface area (Å²) < 4.78 is 1.96. The van der Waals surface area contributed by atoms with E-state index >= 15 is 0 Å². The Hall–Kier alpha value is -1.36. The third-order valence-electron chi connectivity index (χ3n) is 4.19. The fraction of sp³-hybridized carbons (Fsp3) is 0.750. The van der Waals surface area contributed by atoms with Gasteiger partial charge in [-0.05, 0) is 52.9 Å². The maximum Gasteiger partial charge on any atom is 0.254 e. The van der Waals surface area contributed by atoms with Crippen molar-refractivity contribution in [2.24, 2.45) is 5.73 Å². The Bertz CT molecular complexity index is 493. The summed E-state index contributed by atoms with van der Waals surface area (Å²) in [6, 6.07) is 0.549. The number of nitrogens with zero attached hydrogens (tertiary/aromatic N) is 2. The zero-order valence-electron chi connectivity index (χ0n) is 13.6. The number of nitrogens with two attached hydrogens (primary N) is 1. The maximum absolute atomic E-state index is 12.5. The number of aromatic nitrogens is 2. The molecule has 1 aromatic rings. The summed E-state index contributed by atoms with van der Waals surface area (Å²) >= 11 is 0. The van der Waals surface area contributed by atoms with E-state index in [-0.39, 0.29) is 17.5 Å². The summed E-state index contributed by atoms with van der Waals surface area (Å²) in [7, 11) is 0. The lowest BCUT2D eigenvalue weighted by Crippen LogP contribution is -2.40. The highest BCUT2D eigenvalue weighted by Gasteiger charge is 2.25. The molecule has 5 nitrogen and oxygen atoms in total. The van der Waals surface area contributed by atoms with Crippen molar-refractivity contribution >= 4 is 5.91 Å². The molecule has 1 aromatic heterocycles. The second-order valence-corrected chi connectivity index (χ2v) is 7.03. The summed E-state index contributed by atoms with van der Waals surface area (Å²) in [5.74, 6) is 0.00261. The van der Waals surface area contributed by atoms with E-state index in [9.17, 15) is 4.79 Å². The van der Waals surface area contributed by atoms with Gasteiger partial charge in [-0.3, -0.25) is 9.48 Å². The number of nitrogens with one attached hydrogen (secondary N) is 1. The monoisotopic (exact) mass is 292 g/mol. The molecule has 1 amide bonds. The van der Waals surface area contributed by atoms with E-state index in [0.717, 1.165) is 37.8 Å².